The fraction of sp³-hybridized carbons (Fsp3) is 0.500. The molecule has 4 N–H and O–H groups in total. The Morgan fingerprint density at radius 2 is 1.62 bits per heavy atom. The van der Waals surface area contributed by atoms with E-state index in [-0.39, 0.29) is 36.3 Å². The summed E-state index contributed by atoms with van der Waals surface area (Å²) in [6.07, 6.45) is 0.296. The van der Waals surface area contributed by atoms with Crippen molar-refractivity contribution in [1.29, 1.82) is 0 Å². The molecule has 0 bridgehead atoms. The summed E-state index contributed by atoms with van der Waals surface area (Å²) in [5.74, 6) is -0.947. The zero-order chi connectivity index (χ0) is 16.4. The summed E-state index contributed by atoms with van der Waals surface area (Å²) in [7, 11) is 1.48. The molecule has 0 saturated carbocycles. The highest BCUT2D eigenvalue weighted by atomic mass is 16.3. The van der Waals surface area contributed by atoms with Gasteiger partial charge in [-0.1, -0.05) is 6.58 Å². The third kappa shape index (κ3) is 7.76. The van der Waals surface area contributed by atoms with Gasteiger partial charge in [-0.25, -0.2) is 0 Å². The number of carbonyl (C=O) groups is 3. The highest BCUT2D eigenvalue weighted by molar-refractivity contribution is 5.95. The van der Waals surface area contributed by atoms with E-state index < -0.39 is 0 Å². The number of carbonyl (C=O) groups excluding carboxylic acids is 3. The molecule has 0 radical (unpaired) electrons. The van der Waals surface area contributed by atoms with Crippen LogP contribution >= 0.6 is 0 Å². The summed E-state index contributed by atoms with van der Waals surface area (Å²) in [5.41, 5.74) is 0.683. The Labute approximate surface area is 124 Å². The van der Waals surface area contributed by atoms with Gasteiger partial charge in [0.15, 0.2) is 0 Å². The molecule has 21 heavy (non-hydrogen) atoms. The van der Waals surface area contributed by atoms with Gasteiger partial charge in [0, 0.05) is 39.1 Å². The lowest BCUT2D eigenvalue weighted by molar-refractivity contribution is -0.122. The van der Waals surface area contributed by atoms with Crippen LogP contribution in [-0.2, 0) is 14.4 Å². The minimum absolute atomic E-state index is 0.105. The molecule has 0 fully saturated rings. The van der Waals surface area contributed by atoms with Crippen molar-refractivity contribution in [3.05, 3.63) is 23.5 Å². The van der Waals surface area contributed by atoms with E-state index in [1.54, 1.807) is 6.92 Å². The predicted molar refractivity (Wildman–Crippen MR) is 79.5 cm³/mol. The quantitative estimate of drug-likeness (QED) is 0.221. The molecule has 0 aliphatic carbocycles. The minimum atomic E-state index is -0.353. The Morgan fingerprint density at radius 1 is 1.05 bits per heavy atom. The molecular formula is C14H23N3O4. The van der Waals surface area contributed by atoms with Crippen molar-refractivity contribution in [3.63, 3.8) is 0 Å². The van der Waals surface area contributed by atoms with Gasteiger partial charge in [0.1, 0.15) is 5.76 Å². The van der Waals surface area contributed by atoms with Gasteiger partial charge in [0.25, 0.3) is 0 Å². The lowest BCUT2D eigenvalue weighted by Crippen LogP contribution is -2.33. The van der Waals surface area contributed by atoms with Crippen molar-refractivity contribution >= 4 is 17.7 Å². The highest BCUT2D eigenvalue weighted by Gasteiger charge is 2.14. The van der Waals surface area contributed by atoms with Crippen molar-refractivity contribution < 1.29 is 19.5 Å². The van der Waals surface area contributed by atoms with Gasteiger partial charge in [0.2, 0.25) is 17.7 Å². The summed E-state index contributed by atoms with van der Waals surface area (Å²) in [5, 5.41) is 17.0. The molecule has 0 aromatic rings. The second-order valence-electron chi connectivity index (χ2n) is 4.46. The van der Waals surface area contributed by atoms with Crippen molar-refractivity contribution in [3.8, 4) is 0 Å². The average molecular weight is 297 g/mol. The lowest BCUT2D eigenvalue weighted by Gasteiger charge is -2.11. The monoisotopic (exact) mass is 297 g/mol. The van der Waals surface area contributed by atoms with E-state index in [0.29, 0.717) is 24.2 Å². The zero-order valence-electron chi connectivity index (χ0n) is 12.7. The summed E-state index contributed by atoms with van der Waals surface area (Å²) >= 11 is 0. The van der Waals surface area contributed by atoms with Crippen molar-refractivity contribution in [2.24, 2.45) is 0 Å². The first-order valence-electron chi connectivity index (χ1n) is 6.60. The number of rotatable bonds is 8. The Bertz CT molecular complexity index is 455. The molecule has 0 unspecified atom stereocenters. The first-order valence-corrected chi connectivity index (χ1v) is 6.60. The first kappa shape index (κ1) is 18.7. The van der Waals surface area contributed by atoms with Crippen LogP contribution in [-0.4, -0.2) is 43.0 Å². The fourth-order valence-corrected chi connectivity index (χ4v) is 1.56. The second-order valence-corrected chi connectivity index (χ2v) is 4.46. The molecule has 0 aliphatic rings. The number of likely N-dealkylation sites (N-methyl/N-ethyl adjacent to an activating group) is 1. The smallest absolute Gasteiger partial charge is 0.247 e. The number of hydrogen-bond acceptors (Lipinski definition) is 4. The first-order chi connectivity index (χ1) is 9.79. The molecule has 0 atom stereocenters. The van der Waals surface area contributed by atoms with Crippen LogP contribution in [0.4, 0.5) is 0 Å². The largest absolute Gasteiger partial charge is 0.508 e. The van der Waals surface area contributed by atoms with Crippen LogP contribution in [0.5, 0.6) is 0 Å². The molecule has 0 aromatic carbocycles. The normalized spacial score (nSPS) is 11.2. The van der Waals surface area contributed by atoms with Gasteiger partial charge in [-0.2, -0.15) is 0 Å². The highest BCUT2D eigenvalue weighted by Crippen LogP contribution is 2.16. The molecule has 7 nitrogen and oxygen atoms in total. The molecule has 0 heterocycles. The van der Waals surface area contributed by atoms with Crippen LogP contribution in [0.25, 0.3) is 0 Å². The Morgan fingerprint density at radius 3 is 2.10 bits per heavy atom. The molecule has 0 aromatic heterocycles. The van der Waals surface area contributed by atoms with Crippen LogP contribution in [0.3, 0.4) is 0 Å². The Hall–Kier alpha value is -2.31. The summed E-state index contributed by atoms with van der Waals surface area (Å²) in [4.78, 5) is 34.0. The SMILES string of the molecule is C=C(O)/C(C)=C(/CCC(=O)NCCNC(C)=O)C(=O)NC. The van der Waals surface area contributed by atoms with Crippen LogP contribution in [0.2, 0.25) is 0 Å². The Kier molecular flexibility index (Phi) is 8.52. The number of aliphatic hydroxyl groups excluding tert-OH is 1. The van der Waals surface area contributed by atoms with E-state index >= 15 is 0 Å². The van der Waals surface area contributed by atoms with Gasteiger partial charge in [-0.15, -0.1) is 0 Å². The third-order valence-electron chi connectivity index (χ3n) is 2.81. The second kappa shape index (κ2) is 9.57. The predicted octanol–water partition coefficient (Wildman–Crippen LogP) is 0.153. The Balaban J connectivity index is 4.40. The molecule has 3 amide bonds. The zero-order valence-corrected chi connectivity index (χ0v) is 12.7. The summed E-state index contributed by atoms with van der Waals surface area (Å²) < 4.78 is 0. The maximum Gasteiger partial charge on any atom is 0.247 e. The molecule has 7 heteroatoms. The maximum absolute atomic E-state index is 11.7. The van der Waals surface area contributed by atoms with Gasteiger partial charge in [0.05, 0.1) is 0 Å². The van der Waals surface area contributed by atoms with Gasteiger partial charge >= 0.3 is 0 Å². The summed E-state index contributed by atoms with van der Waals surface area (Å²) in [6.45, 7) is 7.02. The van der Waals surface area contributed by atoms with Crippen LogP contribution in [0.1, 0.15) is 26.7 Å². The number of nitrogens with one attached hydrogen (secondary N) is 3. The van der Waals surface area contributed by atoms with E-state index in [1.807, 2.05) is 0 Å². The summed E-state index contributed by atoms with van der Waals surface area (Å²) in [6, 6.07) is 0. The van der Waals surface area contributed by atoms with Gasteiger partial charge in [-0.3, -0.25) is 14.4 Å². The molecule has 0 spiro atoms. The van der Waals surface area contributed by atoms with Crippen LogP contribution < -0.4 is 16.0 Å². The number of amides is 3. The molecule has 0 rings (SSSR count). The van der Waals surface area contributed by atoms with Crippen LogP contribution in [0, 0.1) is 0 Å². The topological polar surface area (TPSA) is 108 Å². The van der Waals surface area contributed by atoms with Gasteiger partial charge in [-0.05, 0) is 18.9 Å². The fourth-order valence-electron chi connectivity index (χ4n) is 1.56. The molecule has 0 saturated heterocycles. The standard InChI is InChI=1S/C14H23N3O4/c1-9(10(2)18)12(14(21)15-4)5-6-13(20)17-8-7-16-11(3)19/h18H,2,5-8H2,1,3-4H3,(H,15,21)(H,16,19)(H,17,20)/b12-9-. The van der Waals surface area contributed by atoms with E-state index in [0.717, 1.165) is 0 Å². The van der Waals surface area contributed by atoms with E-state index in [4.69, 9.17) is 0 Å². The average Bonchev–Trinajstić information content (AvgIpc) is 2.42. The number of hydrogen-bond donors (Lipinski definition) is 4. The molecule has 118 valence electrons. The lowest BCUT2D eigenvalue weighted by atomic mass is 10.0. The van der Waals surface area contributed by atoms with E-state index in [2.05, 4.69) is 22.5 Å². The van der Waals surface area contributed by atoms with Crippen molar-refractivity contribution in [1.82, 2.24) is 16.0 Å². The molecular weight excluding hydrogens is 274 g/mol. The minimum Gasteiger partial charge on any atom is -0.508 e. The molecule has 0 aliphatic heterocycles. The van der Waals surface area contributed by atoms with Crippen molar-refractivity contribution in [2.45, 2.75) is 26.7 Å². The third-order valence-corrected chi connectivity index (χ3v) is 2.81. The van der Waals surface area contributed by atoms with Crippen LogP contribution in [0.15, 0.2) is 23.5 Å². The van der Waals surface area contributed by atoms with E-state index in [1.165, 1.54) is 14.0 Å². The van der Waals surface area contributed by atoms with E-state index in [9.17, 15) is 19.5 Å². The maximum atomic E-state index is 11.7. The van der Waals surface area contributed by atoms with Gasteiger partial charge < -0.3 is 21.1 Å². The number of allylic oxidation sites excluding steroid dienone is 1. The van der Waals surface area contributed by atoms with Crippen molar-refractivity contribution in [2.75, 3.05) is 20.1 Å². The number of aliphatic hydroxyl groups is 1.